The monoisotopic (exact) mass is 338 g/mol. The third kappa shape index (κ3) is 4.22. The van der Waals surface area contributed by atoms with E-state index in [0.717, 1.165) is 4.88 Å². The van der Waals surface area contributed by atoms with Crippen LogP contribution in [0.1, 0.15) is 28.2 Å². The van der Waals surface area contributed by atoms with Crippen LogP contribution in [0.5, 0.6) is 0 Å². The molecule has 5 nitrogen and oxygen atoms in total. The van der Waals surface area contributed by atoms with Crippen molar-refractivity contribution in [1.82, 2.24) is 5.32 Å². The summed E-state index contributed by atoms with van der Waals surface area (Å²) in [5, 5.41) is 5.05. The van der Waals surface area contributed by atoms with E-state index in [1.54, 1.807) is 11.3 Å². The first kappa shape index (κ1) is 16.3. The molecule has 0 bridgehead atoms. The average Bonchev–Trinajstić information content (AvgIpc) is 3.02. The van der Waals surface area contributed by atoms with E-state index in [-0.39, 0.29) is 29.8 Å². The van der Waals surface area contributed by atoms with Gasteiger partial charge in [0.1, 0.15) is 0 Å². The summed E-state index contributed by atoms with van der Waals surface area (Å²) in [6.45, 7) is 1.52. The number of hydrogen-bond donors (Lipinski definition) is 2. The molecule has 1 aromatic carbocycles. The third-order valence-corrected chi connectivity index (χ3v) is 4.31. The van der Waals surface area contributed by atoms with E-state index in [9.17, 15) is 9.59 Å². The Morgan fingerprint density at radius 1 is 1.41 bits per heavy atom. The van der Waals surface area contributed by atoms with Crippen LogP contribution in [0.2, 0.25) is 5.02 Å². The number of anilines is 1. The van der Waals surface area contributed by atoms with Crippen molar-refractivity contribution in [3.05, 3.63) is 51.2 Å². The molecule has 1 amide bonds. The number of esters is 1. The van der Waals surface area contributed by atoms with Crippen LogP contribution in [0.15, 0.2) is 35.7 Å². The van der Waals surface area contributed by atoms with Crippen LogP contribution in [0.25, 0.3) is 0 Å². The highest BCUT2D eigenvalue weighted by Gasteiger charge is 2.14. The Balaban J connectivity index is 1.85. The van der Waals surface area contributed by atoms with Crippen LogP contribution in [-0.2, 0) is 9.53 Å². The number of nitrogen functional groups attached to an aromatic ring is 1. The summed E-state index contributed by atoms with van der Waals surface area (Å²) in [6, 6.07) is 8.12. The smallest absolute Gasteiger partial charge is 0.338 e. The summed E-state index contributed by atoms with van der Waals surface area (Å²) in [5.74, 6) is -0.988. The predicted molar refractivity (Wildman–Crippen MR) is 87.0 cm³/mol. The molecule has 0 radical (unpaired) electrons. The number of halogens is 1. The molecule has 116 valence electrons. The third-order valence-electron chi connectivity index (χ3n) is 2.91. The van der Waals surface area contributed by atoms with Crippen molar-refractivity contribution in [3.8, 4) is 0 Å². The fourth-order valence-electron chi connectivity index (χ4n) is 1.78. The van der Waals surface area contributed by atoms with Crippen LogP contribution in [-0.4, -0.2) is 18.5 Å². The van der Waals surface area contributed by atoms with E-state index in [4.69, 9.17) is 22.1 Å². The van der Waals surface area contributed by atoms with Crippen LogP contribution in [0, 0.1) is 0 Å². The Morgan fingerprint density at radius 3 is 2.82 bits per heavy atom. The summed E-state index contributed by atoms with van der Waals surface area (Å²) in [5.41, 5.74) is 6.15. The molecule has 1 aromatic heterocycles. The molecule has 1 atom stereocenters. The van der Waals surface area contributed by atoms with Gasteiger partial charge in [0.15, 0.2) is 6.61 Å². The maximum atomic E-state index is 11.8. The molecule has 0 saturated carbocycles. The first-order valence-corrected chi connectivity index (χ1v) is 7.78. The summed E-state index contributed by atoms with van der Waals surface area (Å²) in [4.78, 5) is 24.6. The molecule has 7 heteroatoms. The van der Waals surface area contributed by atoms with Crippen molar-refractivity contribution in [1.29, 1.82) is 0 Å². The van der Waals surface area contributed by atoms with Crippen LogP contribution >= 0.6 is 22.9 Å². The number of ether oxygens (including phenoxy) is 1. The van der Waals surface area contributed by atoms with E-state index < -0.39 is 5.97 Å². The molecule has 0 aliphatic carbocycles. The lowest BCUT2D eigenvalue weighted by Gasteiger charge is -2.12. The number of amides is 1. The highest BCUT2D eigenvalue weighted by molar-refractivity contribution is 7.10. The van der Waals surface area contributed by atoms with Crippen LogP contribution in [0.3, 0.4) is 0 Å². The molecule has 2 aromatic rings. The van der Waals surface area contributed by atoms with E-state index in [2.05, 4.69) is 5.32 Å². The largest absolute Gasteiger partial charge is 0.452 e. The maximum absolute atomic E-state index is 11.8. The Hall–Kier alpha value is -2.05. The SMILES string of the molecule is CC(NC(=O)COC(=O)c1ccc(Cl)c(N)c1)c1cccs1. The first-order chi connectivity index (χ1) is 10.5. The summed E-state index contributed by atoms with van der Waals surface area (Å²) < 4.78 is 4.96. The summed E-state index contributed by atoms with van der Waals surface area (Å²) in [7, 11) is 0. The molecular formula is C15H15ClN2O3S. The van der Waals surface area contributed by atoms with Gasteiger partial charge in [0.05, 0.1) is 22.3 Å². The van der Waals surface area contributed by atoms with Gasteiger partial charge in [-0.3, -0.25) is 4.79 Å². The topological polar surface area (TPSA) is 81.4 Å². The van der Waals surface area contributed by atoms with Crippen molar-refractivity contribution in [2.24, 2.45) is 0 Å². The standard InChI is InChI=1S/C15H15ClN2O3S/c1-9(13-3-2-6-22-13)18-14(19)8-21-15(20)10-4-5-11(16)12(17)7-10/h2-7,9H,8,17H2,1H3,(H,18,19). The number of rotatable bonds is 5. The van der Waals surface area contributed by atoms with E-state index in [0.29, 0.717) is 5.02 Å². The molecule has 0 saturated heterocycles. The van der Waals surface area contributed by atoms with Gasteiger partial charge in [-0.2, -0.15) is 0 Å². The number of carbonyl (C=O) groups is 2. The van der Waals surface area contributed by atoms with Crippen molar-refractivity contribution >= 4 is 40.5 Å². The molecule has 0 fully saturated rings. The van der Waals surface area contributed by atoms with Crippen molar-refractivity contribution in [2.75, 3.05) is 12.3 Å². The normalized spacial score (nSPS) is 11.7. The van der Waals surface area contributed by atoms with Crippen molar-refractivity contribution in [3.63, 3.8) is 0 Å². The number of carbonyl (C=O) groups excluding carboxylic acids is 2. The molecule has 2 rings (SSSR count). The van der Waals surface area contributed by atoms with Crippen molar-refractivity contribution in [2.45, 2.75) is 13.0 Å². The zero-order chi connectivity index (χ0) is 16.1. The molecule has 3 N–H and O–H groups in total. The Labute approximate surface area is 137 Å². The van der Waals surface area contributed by atoms with Gasteiger partial charge in [-0.05, 0) is 36.6 Å². The van der Waals surface area contributed by atoms with E-state index in [1.807, 2.05) is 24.4 Å². The van der Waals surface area contributed by atoms with Gasteiger partial charge in [0.2, 0.25) is 0 Å². The lowest BCUT2D eigenvalue weighted by molar-refractivity contribution is -0.124. The number of hydrogen-bond acceptors (Lipinski definition) is 5. The molecule has 22 heavy (non-hydrogen) atoms. The fourth-order valence-corrected chi connectivity index (χ4v) is 2.63. The first-order valence-electron chi connectivity index (χ1n) is 6.52. The molecule has 0 spiro atoms. The van der Waals surface area contributed by atoms with Crippen LogP contribution in [0.4, 0.5) is 5.69 Å². The van der Waals surface area contributed by atoms with Gasteiger partial charge in [0, 0.05) is 4.88 Å². The summed E-state index contributed by atoms with van der Waals surface area (Å²) >= 11 is 7.33. The molecule has 1 unspecified atom stereocenters. The highest BCUT2D eigenvalue weighted by atomic mass is 35.5. The minimum Gasteiger partial charge on any atom is -0.452 e. The fraction of sp³-hybridized carbons (Fsp3) is 0.200. The zero-order valence-electron chi connectivity index (χ0n) is 11.8. The second kappa shape index (κ2) is 7.29. The van der Waals surface area contributed by atoms with Gasteiger partial charge in [-0.1, -0.05) is 17.7 Å². The predicted octanol–water partition coefficient (Wildman–Crippen LogP) is 3.02. The minimum absolute atomic E-state index is 0.127. The average molecular weight is 339 g/mol. The van der Waals surface area contributed by atoms with Gasteiger partial charge in [-0.25, -0.2) is 4.79 Å². The number of nitrogens with one attached hydrogen (secondary N) is 1. The van der Waals surface area contributed by atoms with Gasteiger partial charge < -0.3 is 15.8 Å². The Bertz CT molecular complexity index is 673. The minimum atomic E-state index is -0.623. The second-order valence-corrected chi connectivity index (χ2v) is 6.00. The number of nitrogens with two attached hydrogens (primary N) is 1. The highest BCUT2D eigenvalue weighted by Crippen LogP contribution is 2.20. The summed E-state index contributed by atoms with van der Waals surface area (Å²) in [6.07, 6.45) is 0. The number of benzene rings is 1. The molecule has 1 heterocycles. The lowest BCUT2D eigenvalue weighted by atomic mass is 10.2. The van der Waals surface area contributed by atoms with Gasteiger partial charge in [0.25, 0.3) is 5.91 Å². The quantitative estimate of drug-likeness (QED) is 0.648. The maximum Gasteiger partial charge on any atom is 0.338 e. The zero-order valence-corrected chi connectivity index (χ0v) is 13.4. The van der Waals surface area contributed by atoms with Crippen LogP contribution < -0.4 is 11.1 Å². The van der Waals surface area contributed by atoms with Crippen molar-refractivity contribution < 1.29 is 14.3 Å². The molecule has 0 aliphatic rings. The Kier molecular flexibility index (Phi) is 5.41. The second-order valence-electron chi connectivity index (χ2n) is 4.62. The lowest BCUT2D eigenvalue weighted by Crippen LogP contribution is -2.30. The number of thiophene rings is 1. The molecule has 0 aliphatic heterocycles. The Morgan fingerprint density at radius 2 is 2.18 bits per heavy atom. The molecular weight excluding hydrogens is 324 g/mol. The van der Waals surface area contributed by atoms with Gasteiger partial charge in [-0.15, -0.1) is 11.3 Å². The van der Waals surface area contributed by atoms with E-state index >= 15 is 0 Å². The van der Waals surface area contributed by atoms with Gasteiger partial charge >= 0.3 is 5.97 Å². The van der Waals surface area contributed by atoms with E-state index in [1.165, 1.54) is 18.2 Å².